The Kier molecular flexibility index (Phi) is 5.02. The lowest BCUT2D eigenvalue weighted by atomic mass is 10.2. The van der Waals surface area contributed by atoms with E-state index in [0.717, 1.165) is 0 Å². The van der Waals surface area contributed by atoms with Crippen LogP contribution in [0.25, 0.3) is 0 Å². The zero-order valence-electron chi connectivity index (χ0n) is 12.4. The van der Waals surface area contributed by atoms with Crippen LogP contribution in [0, 0.1) is 0 Å². The van der Waals surface area contributed by atoms with Crippen LogP contribution in [0.1, 0.15) is 23.7 Å². The largest absolute Gasteiger partial charge is 0.368 e. The van der Waals surface area contributed by atoms with Crippen molar-refractivity contribution >= 4 is 21.7 Å². The molecule has 1 fully saturated rings. The van der Waals surface area contributed by atoms with Crippen LogP contribution in [0.3, 0.4) is 0 Å². The van der Waals surface area contributed by atoms with Crippen molar-refractivity contribution < 1.29 is 13.2 Å². The highest BCUT2D eigenvalue weighted by Crippen LogP contribution is 2.17. The number of rotatable bonds is 4. The van der Waals surface area contributed by atoms with E-state index in [9.17, 15) is 13.2 Å². The minimum Gasteiger partial charge on any atom is -0.368 e. The molecule has 7 nitrogen and oxygen atoms in total. The molecule has 1 heterocycles. The summed E-state index contributed by atoms with van der Waals surface area (Å²) >= 11 is 0. The molecular formula is C14H20N4O3S. The van der Waals surface area contributed by atoms with E-state index in [1.54, 1.807) is 36.2 Å². The SMILES string of the molecule is CCS(=O)(=O)C1CCN(N=C(N)NC(=O)c2ccccc2)C1. The lowest BCUT2D eigenvalue weighted by Gasteiger charge is -2.13. The Bertz CT molecular complexity index is 658. The summed E-state index contributed by atoms with van der Waals surface area (Å²) in [5.41, 5.74) is 6.19. The molecule has 0 bridgehead atoms. The highest BCUT2D eigenvalue weighted by atomic mass is 32.2. The van der Waals surface area contributed by atoms with Gasteiger partial charge >= 0.3 is 0 Å². The zero-order chi connectivity index (χ0) is 16.2. The minimum absolute atomic E-state index is 0.0385. The molecular weight excluding hydrogens is 304 g/mol. The predicted octanol–water partition coefficient (Wildman–Crippen LogP) is 0.155. The average molecular weight is 324 g/mol. The van der Waals surface area contributed by atoms with Crippen molar-refractivity contribution in [3.05, 3.63) is 35.9 Å². The Labute approximate surface area is 130 Å². The van der Waals surface area contributed by atoms with E-state index in [2.05, 4.69) is 10.4 Å². The summed E-state index contributed by atoms with van der Waals surface area (Å²) in [7, 11) is -3.07. The van der Waals surface area contributed by atoms with Gasteiger partial charge in [-0.3, -0.25) is 15.1 Å². The molecule has 1 aromatic rings. The van der Waals surface area contributed by atoms with Crippen LogP contribution >= 0.6 is 0 Å². The highest BCUT2D eigenvalue weighted by Gasteiger charge is 2.31. The van der Waals surface area contributed by atoms with Gasteiger partial charge in [-0.25, -0.2) is 8.42 Å². The topological polar surface area (TPSA) is 105 Å². The molecule has 1 amide bonds. The van der Waals surface area contributed by atoms with E-state index >= 15 is 0 Å². The van der Waals surface area contributed by atoms with E-state index in [0.29, 0.717) is 25.1 Å². The number of nitrogens with zero attached hydrogens (tertiary/aromatic N) is 2. The van der Waals surface area contributed by atoms with Crippen LogP contribution in [0.4, 0.5) is 0 Å². The van der Waals surface area contributed by atoms with Crippen LogP contribution in [-0.4, -0.2) is 49.4 Å². The molecule has 22 heavy (non-hydrogen) atoms. The molecule has 1 saturated heterocycles. The van der Waals surface area contributed by atoms with Crippen molar-refractivity contribution in [3.8, 4) is 0 Å². The first-order chi connectivity index (χ1) is 10.4. The third-order valence-corrected chi connectivity index (χ3v) is 5.77. The highest BCUT2D eigenvalue weighted by molar-refractivity contribution is 7.92. The second-order valence-electron chi connectivity index (χ2n) is 5.08. The van der Waals surface area contributed by atoms with Crippen molar-refractivity contribution in [1.29, 1.82) is 0 Å². The maximum Gasteiger partial charge on any atom is 0.257 e. The molecule has 1 aromatic carbocycles. The van der Waals surface area contributed by atoms with Crippen LogP contribution in [0.15, 0.2) is 35.4 Å². The van der Waals surface area contributed by atoms with Gasteiger partial charge < -0.3 is 5.73 Å². The molecule has 1 aliphatic rings. The fraction of sp³-hybridized carbons (Fsp3) is 0.429. The number of sulfone groups is 1. The summed E-state index contributed by atoms with van der Waals surface area (Å²) in [5.74, 6) is -0.266. The second kappa shape index (κ2) is 6.78. The van der Waals surface area contributed by atoms with E-state index in [1.807, 2.05) is 6.07 Å². The summed E-state index contributed by atoms with van der Waals surface area (Å²) in [6.45, 7) is 2.44. The number of nitrogens with two attached hydrogens (primary N) is 1. The first-order valence-corrected chi connectivity index (χ1v) is 8.81. The number of guanidine groups is 1. The van der Waals surface area contributed by atoms with Crippen LogP contribution in [-0.2, 0) is 9.84 Å². The Morgan fingerprint density at radius 3 is 2.73 bits per heavy atom. The third kappa shape index (κ3) is 3.97. The van der Waals surface area contributed by atoms with Crippen molar-refractivity contribution in [1.82, 2.24) is 10.3 Å². The van der Waals surface area contributed by atoms with E-state index in [-0.39, 0.29) is 17.6 Å². The molecule has 1 aliphatic heterocycles. The predicted molar refractivity (Wildman–Crippen MR) is 85.0 cm³/mol. The summed E-state index contributed by atoms with van der Waals surface area (Å²) in [6.07, 6.45) is 0.527. The van der Waals surface area contributed by atoms with Gasteiger partial charge in [0.05, 0.1) is 11.8 Å². The van der Waals surface area contributed by atoms with Gasteiger partial charge in [0.1, 0.15) is 0 Å². The molecule has 0 aromatic heterocycles. The van der Waals surface area contributed by atoms with E-state index < -0.39 is 15.1 Å². The number of hydrazone groups is 1. The molecule has 3 N–H and O–H groups in total. The Morgan fingerprint density at radius 2 is 2.09 bits per heavy atom. The molecule has 0 aliphatic carbocycles. The van der Waals surface area contributed by atoms with Crippen molar-refractivity contribution in [2.75, 3.05) is 18.8 Å². The number of hydrogen-bond acceptors (Lipinski definition) is 5. The first kappa shape index (κ1) is 16.3. The van der Waals surface area contributed by atoms with Gasteiger partial charge in [0, 0.05) is 17.9 Å². The smallest absolute Gasteiger partial charge is 0.257 e. The number of carbonyl (C=O) groups is 1. The zero-order valence-corrected chi connectivity index (χ0v) is 13.2. The van der Waals surface area contributed by atoms with Gasteiger partial charge in [0.15, 0.2) is 9.84 Å². The van der Waals surface area contributed by atoms with Crippen molar-refractivity contribution in [2.45, 2.75) is 18.6 Å². The molecule has 120 valence electrons. The molecule has 8 heteroatoms. The number of nitrogens with one attached hydrogen (secondary N) is 1. The summed E-state index contributed by atoms with van der Waals surface area (Å²) < 4.78 is 23.6. The van der Waals surface area contributed by atoms with Crippen LogP contribution in [0.5, 0.6) is 0 Å². The fourth-order valence-electron chi connectivity index (χ4n) is 2.29. The van der Waals surface area contributed by atoms with Crippen LogP contribution in [0.2, 0.25) is 0 Å². The monoisotopic (exact) mass is 324 g/mol. The standard InChI is InChI=1S/C14H20N4O3S/c1-2-22(20,21)12-8-9-18(10-12)17-14(15)16-13(19)11-6-4-3-5-7-11/h3-7,12H,2,8-10H2,1H3,(H3,15,16,17,19). The van der Waals surface area contributed by atoms with Crippen molar-refractivity contribution in [2.24, 2.45) is 10.8 Å². The Hall–Kier alpha value is -2.09. The van der Waals surface area contributed by atoms with Gasteiger partial charge in [0.2, 0.25) is 5.96 Å². The lowest BCUT2D eigenvalue weighted by molar-refractivity contribution is 0.0976. The molecule has 1 atom stereocenters. The molecule has 1 unspecified atom stereocenters. The van der Waals surface area contributed by atoms with E-state index in [1.165, 1.54) is 0 Å². The maximum atomic E-state index is 11.9. The quantitative estimate of drug-likeness (QED) is 0.606. The van der Waals surface area contributed by atoms with Gasteiger partial charge in [0.25, 0.3) is 5.91 Å². The molecule has 0 radical (unpaired) electrons. The summed E-state index contributed by atoms with van der Waals surface area (Å²) in [6, 6.07) is 8.66. The fourth-order valence-corrected chi connectivity index (χ4v) is 3.62. The summed E-state index contributed by atoms with van der Waals surface area (Å²) in [5, 5.41) is 7.72. The third-order valence-electron chi connectivity index (χ3n) is 3.56. The van der Waals surface area contributed by atoms with Crippen LogP contribution < -0.4 is 11.1 Å². The maximum absolute atomic E-state index is 11.9. The average Bonchev–Trinajstić information content (AvgIpc) is 2.97. The number of amides is 1. The summed E-state index contributed by atoms with van der Waals surface area (Å²) in [4.78, 5) is 11.9. The van der Waals surface area contributed by atoms with E-state index in [4.69, 9.17) is 5.73 Å². The first-order valence-electron chi connectivity index (χ1n) is 7.09. The Morgan fingerprint density at radius 1 is 1.41 bits per heavy atom. The minimum atomic E-state index is -3.07. The van der Waals surface area contributed by atoms with Gasteiger partial charge in [-0.05, 0) is 18.6 Å². The number of carbonyl (C=O) groups excluding carboxylic acids is 1. The lowest BCUT2D eigenvalue weighted by Crippen LogP contribution is -2.39. The molecule has 0 saturated carbocycles. The van der Waals surface area contributed by atoms with Crippen molar-refractivity contribution in [3.63, 3.8) is 0 Å². The molecule has 0 spiro atoms. The molecule has 2 rings (SSSR count). The normalized spacial score (nSPS) is 19.2. The van der Waals surface area contributed by atoms with Gasteiger partial charge in [-0.1, -0.05) is 25.1 Å². The van der Waals surface area contributed by atoms with Gasteiger partial charge in [-0.2, -0.15) is 0 Å². The Balaban J connectivity index is 1.95. The second-order valence-corrected chi connectivity index (χ2v) is 7.65. The van der Waals surface area contributed by atoms with Gasteiger partial charge in [-0.15, -0.1) is 5.10 Å². The number of benzene rings is 1. The number of hydrogen-bond donors (Lipinski definition) is 2.